The monoisotopic (exact) mass is 205 g/mol. The van der Waals surface area contributed by atoms with Gasteiger partial charge < -0.3 is 5.32 Å². The Labute approximate surface area is 93.9 Å². The van der Waals surface area contributed by atoms with Gasteiger partial charge in [0.2, 0.25) is 0 Å². The van der Waals surface area contributed by atoms with Crippen LogP contribution >= 0.6 is 0 Å². The molecule has 0 spiro atoms. The van der Waals surface area contributed by atoms with Crippen LogP contribution in [0.2, 0.25) is 0 Å². The summed E-state index contributed by atoms with van der Waals surface area (Å²) in [4.78, 5) is 0. The third kappa shape index (κ3) is 4.98. The maximum atomic E-state index is 3.29. The van der Waals surface area contributed by atoms with E-state index in [2.05, 4.69) is 49.5 Å². The largest absolute Gasteiger partial charge is 0.317 e. The average Bonchev–Trinajstić information content (AvgIpc) is 2.27. The van der Waals surface area contributed by atoms with Crippen LogP contribution in [0.3, 0.4) is 0 Å². The first-order valence-corrected chi connectivity index (χ1v) is 5.93. The first kappa shape index (κ1) is 12.3. The van der Waals surface area contributed by atoms with Crippen LogP contribution in [0.25, 0.3) is 0 Å². The van der Waals surface area contributed by atoms with Crippen molar-refractivity contribution in [3.8, 4) is 0 Å². The molecule has 0 saturated carbocycles. The highest BCUT2D eigenvalue weighted by molar-refractivity contribution is 5.14. The molecule has 0 aliphatic heterocycles. The molecule has 1 aromatic carbocycles. The van der Waals surface area contributed by atoms with E-state index >= 15 is 0 Å². The summed E-state index contributed by atoms with van der Waals surface area (Å²) in [5.41, 5.74) is 1.46. The zero-order valence-electron chi connectivity index (χ0n) is 10.2. The van der Waals surface area contributed by atoms with E-state index in [1.807, 2.05) is 7.05 Å². The van der Waals surface area contributed by atoms with Crippen LogP contribution in [0.1, 0.15) is 32.3 Å². The van der Waals surface area contributed by atoms with E-state index in [-0.39, 0.29) is 0 Å². The van der Waals surface area contributed by atoms with Crippen LogP contribution in [0.4, 0.5) is 0 Å². The first-order valence-electron chi connectivity index (χ1n) is 5.93. The Morgan fingerprint density at radius 1 is 1.13 bits per heavy atom. The number of nitrogens with one attached hydrogen (secondary N) is 1. The van der Waals surface area contributed by atoms with Gasteiger partial charge in [0.25, 0.3) is 0 Å². The maximum Gasteiger partial charge on any atom is 0.00382 e. The zero-order chi connectivity index (χ0) is 11.1. The van der Waals surface area contributed by atoms with Gasteiger partial charge >= 0.3 is 0 Å². The molecular weight excluding hydrogens is 182 g/mol. The van der Waals surface area contributed by atoms with Gasteiger partial charge in [-0.25, -0.2) is 0 Å². The summed E-state index contributed by atoms with van der Waals surface area (Å²) in [6.07, 6.45) is 3.76. The molecule has 15 heavy (non-hydrogen) atoms. The molecule has 1 nitrogen and oxygen atoms in total. The van der Waals surface area contributed by atoms with Gasteiger partial charge in [-0.05, 0) is 44.7 Å². The van der Waals surface area contributed by atoms with Crippen molar-refractivity contribution in [2.24, 2.45) is 5.92 Å². The number of hydrogen-bond acceptors (Lipinski definition) is 1. The van der Waals surface area contributed by atoms with Gasteiger partial charge in [-0.15, -0.1) is 0 Å². The van der Waals surface area contributed by atoms with Gasteiger partial charge in [0.05, 0.1) is 0 Å². The van der Waals surface area contributed by atoms with Crippen molar-refractivity contribution < 1.29 is 0 Å². The van der Waals surface area contributed by atoms with Gasteiger partial charge in [0.1, 0.15) is 0 Å². The lowest BCUT2D eigenvalue weighted by Gasteiger charge is -2.16. The van der Waals surface area contributed by atoms with Crippen LogP contribution in [0.15, 0.2) is 30.3 Å². The van der Waals surface area contributed by atoms with E-state index in [1.54, 1.807) is 0 Å². The summed E-state index contributed by atoms with van der Waals surface area (Å²) >= 11 is 0. The summed E-state index contributed by atoms with van der Waals surface area (Å²) in [6.45, 7) is 4.59. The summed E-state index contributed by atoms with van der Waals surface area (Å²) in [7, 11) is 2.04. The van der Waals surface area contributed by atoms with Crippen molar-refractivity contribution in [3.05, 3.63) is 35.9 Å². The van der Waals surface area contributed by atoms with E-state index < -0.39 is 0 Å². The lowest BCUT2D eigenvalue weighted by molar-refractivity contribution is 0.420. The standard InChI is InChI=1S/C14H23N/c1-12(11-13(2)15-3)9-10-14-7-5-4-6-8-14/h4-8,12-13,15H,9-11H2,1-3H3. The van der Waals surface area contributed by atoms with Crippen molar-refractivity contribution in [1.29, 1.82) is 0 Å². The van der Waals surface area contributed by atoms with Crippen molar-refractivity contribution in [2.75, 3.05) is 7.05 Å². The molecule has 0 amide bonds. The lowest BCUT2D eigenvalue weighted by Crippen LogP contribution is -2.23. The minimum atomic E-state index is 0.635. The van der Waals surface area contributed by atoms with E-state index in [1.165, 1.54) is 24.8 Å². The topological polar surface area (TPSA) is 12.0 Å². The number of rotatable bonds is 6. The highest BCUT2D eigenvalue weighted by Gasteiger charge is 2.06. The molecule has 1 heteroatoms. The Morgan fingerprint density at radius 2 is 1.80 bits per heavy atom. The van der Waals surface area contributed by atoms with Crippen molar-refractivity contribution in [1.82, 2.24) is 5.32 Å². The number of aryl methyl sites for hydroxylation is 1. The van der Waals surface area contributed by atoms with E-state index in [0.717, 1.165) is 5.92 Å². The van der Waals surface area contributed by atoms with Gasteiger partial charge in [0.15, 0.2) is 0 Å². The molecule has 0 heterocycles. The van der Waals surface area contributed by atoms with Gasteiger partial charge in [0, 0.05) is 6.04 Å². The molecule has 1 N–H and O–H groups in total. The minimum Gasteiger partial charge on any atom is -0.317 e. The third-order valence-electron chi connectivity index (χ3n) is 3.02. The van der Waals surface area contributed by atoms with Gasteiger partial charge in [-0.3, -0.25) is 0 Å². The molecular formula is C14H23N. The second kappa shape index (κ2) is 6.62. The summed E-state index contributed by atoms with van der Waals surface area (Å²) < 4.78 is 0. The molecule has 84 valence electrons. The Kier molecular flexibility index (Phi) is 5.41. The Balaban J connectivity index is 2.25. The quantitative estimate of drug-likeness (QED) is 0.751. The zero-order valence-corrected chi connectivity index (χ0v) is 10.2. The van der Waals surface area contributed by atoms with Crippen LogP contribution in [0.5, 0.6) is 0 Å². The Bertz CT molecular complexity index is 255. The number of benzene rings is 1. The fraction of sp³-hybridized carbons (Fsp3) is 0.571. The first-order chi connectivity index (χ1) is 7.22. The third-order valence-corrected chi connectivity index (χ3v) is 3.02. The fourth-order valence-electron chi connectivity index (χ4n) is 1.90. The minimum absolute atomic E-state index is 0.635. The highest BCUT2D eigenvalue weighted by Crippen LogP contribution is 2.14. The van der Waals surface area contributed by atoms with Crippen molar-refractivity contribution >= 4 is 0 Å². The van der Waals surface area contributed by atoms with E-state index in [9.17, 15) is 0 Å². The Morgan fingerprint density at radius 3 is 2.40 bits per heavy atom. The van der Waals surface area contributed by atoms with Crippen molar-refractivity contribution in [2.45, 2.75) is 39.2 Å². The molecule has 0 radical (unpaired) electrons. The summed E-state index contributed by atoms with van der Waals surface area (Å²) in [6, 6.07) is 11.4. The fourth-order valence-corrected chi connectivity index (χ4v) is 1.90. The van der Waals surface area contributed by atoms with Gasteiger partial charge in [-0.2, -0.15) is 0 Å². The molecule has 0 saturated heterocycles. The molecule has 1 rings (SSSR count). The summed E-state index contributed by atoms with van der Waals surface area (Å²) in [5, 5.41) is 3.29. The molecule has 0 bridgehead atoms. The smallest absolute Gasteiger partial charge is 0.00382 e. The maximum absolute atomic E-state index is 3.29. The summed E-state index contributed by atoms with van der Waals surface area (Å²) in [5.74, 6) is 0.799. The van der Waals surface area contributed by atoms with Crippen LogP contribution in [-0.4, -0.2) is 13.1 Å². The second-order valence-electron chi connectivity index (χ2n) is 4.55. The Hall–Kier alpha value is -0.820. The molecule has 2 unspecified atom stereocenters. The SMILES string of the molecule is CNC(C)CC(C)CCc1ccccc1. The molecule has 0 aliphatic carbocycles. The average molecular weight is 205 g/mol. The highest BCUT2D eigenvalue weighted by atomic mass is 14.8. The van der Waals surface area contributed by atoms with Crippen LogP contribution < -0.4 is 5.32 Å². The van der Waals surface area contributed by atoms with Gasteiger partial charge in [-0.1, -0.05) is 37.3 Å². The molecule has 0 fully saturated rings. The predicted octanol–water partition coefficient (Wildman–Crippen LogP) is 3.25. The predicted molar refractivity (Wildman–Crippen MR) is 67.1 cm³/mol. The molecule has 1 aromatic rings. The van der Waals surface area contributed by atoms with E-state index in [4.69, 9.17) is 0 Å². The molecule has 2 atom stereocenters. The lowest BCUT2D eigenvalue weighted by atomic mass is 9.95. The second-order valence-corrected chi connectivity index (χ2v) is 4.55. The molecule has 0 aromatic heterocycles. The van der Waals surface area contributed by atoms with Crippen LogP contribution in [0, 0.1) is 5.92 Å². The number of hydrogen-bond donors (Lipinski definition) is 1. The molecule has 0 aliphatic rings. The normalized spacial score (nSPS) is 14.9. The van der Waals surface area contributed by atoms with E-state index in [0.29, 0.717) is 6.04 Å². The van der Waals surface area contributed by atoms with Crippen molar-refractivity contribution in [3.63, 3.8) is 0 Å². The van der Waals surface area contributed by atoms with Crippen LogP contribution in [-0.2, 0) is 6.42 Å².